The van der Waals surface area contributed by atoms with E-state index in [9.17, 15) is 9.59 Å². The molecule has 2 unspecified atom stereocenters. The maximum atomic E-state index is 11.5. The van der Waals surface area contributed by atoms with E-state index in [0.717, 1.165) is 31.1 Å². The van der Waals surface area contributed by atoms with Crippen LogP contribution in [0.25, 0.3) is 0 Å². The van der Waals surface area contributed by atoms with Crippen LogP contribution in [0.5, 0.6) is 0 Å². The van der Waals surface area contributed by atoms with Gasteiger partial charge in [0.1, 0.15) is 6.29 Å². The first-order valence-corrected chi connectivity index (χ1v) is 8.57. The number of benzene rings is 1. The predicted octanol–water partition coefficient (Wildman–Crippen LogP) is 4.33. The number of carbonyl (C=O) groups is 2. The first-order chi connectivity index (χ1) is 10.2. The number of aliphatic carboxylic acids is 1. The van der Waals surface area contributed by atoms with Crippen molar-refractivity contribution >= 4 is 24.0 Å². The number of carboxylic acids is 1. The molecule has 2 atom stereocenters. The lowest BCUT2D eigenvalue weighted by Gasteiger charge is -2.22. The molecule has 0 heterocycles. The summed E-state index contributed by atoms with van der Waals surface area (Å²) < 4.78 is 0. The largest absolute Gasteiger partial charge is 0.481 e. The highest BCUT2D eigenvalue weighted by atomic mass is 32.2. The molecule has 0 spiro atoms. The van der Waals surface area contributed by atoms with Gasteiger partial charge in [-0.15, -0.1) is 11.8 Å². The molecular weight excluding hydrogens is 284 g/mol. The topological polar surface area (TPSA) is 54.4 Å². The van der Waals surface area contributed by atoms with Crippen molar-refractivity contribution in [1.29, 1.82) is 0 Å². The standard InChI is InChI=1S/C17H24O3S/c1-2-3-4-6-11-15(12-18)17(21-13-16(19)20)14-9-7-5-8-10-14/h5,7-10,12,15,17H,2-4,6,11,13H2,1H3,(H,19,20). The van der Waals surface area contributed by atoms with E-state index in [4.69, 9.17) is 5.11 Å². The van der Waals surface area contributed by atoms with Crippen LogP contribution in [0.1, 0.15) is 49.8 Å². The second-order valence-corrected chi connectivity index (χ2v) is 6.32. The zero-order valence-electron chi connectivity index (χ0n) is 12.5. The second-order valence-electron chi connectivity index (χ2n) is 5.19. The molecule has 0 aromatic heterocycles. The van der Waals surface area contributed by atoms with E-state index in [0.29, 0.717) is 0 Å². The summed E-state index contributed by atoms with van der Waals surface area (Å²) in [6.07, 6.45) is 6.33. The fourth-order valence-electron chi connectivity index (χ4n) is 2.37. The van der Waals surface area contributed by atoms with Crippen molar-refractivity contribution in [1.82, 2.24) is 0 Å². The van der Waals surface area contributed by atoms with Crippen molar-refractivity contribution < 1.29 is 14.7 Å². The van der Waals surface area contributed by atoms with Crippen LogP contribution in [-0.2, 0) is 9.59 Å². The number of unbranched alkanes of at least 4 members (excludes halogenated alkanes) is 3. The fraction of sp³-hybridized carbons (Fsp3) is 0.529. The molecule has 0 aliphatic rings. The molecule has 3 nitrogen and oxygen atoms in total. The molecule has 0 bridgehead atoms. The van der Waals surface area contributed by atoms with Gasteiger partial charge in [-0.25, -0.2) is 0 Å². The van der Waals surface area contributed by atoms with Crippen molar-refractivity contribution in [3.05, 3.63) is 35.9 Å². The van der Waals surface area contributed by atoms with Gasteiger partial charge in [-0.2, -0.15) is 0 Å². The minimum absolute atomic E-state index is 0.0266. The summed E-state index contributed by atoms with van der Waals surface area (Å²) >= 11 is 1.35. The van der Waals surface area contributed by atoms with E-state index in [1.165, 1.54) is 24.6 Å². The summed E-state index contributed by atoms with van der Waals surface area (Å²) in [7, 11) is 0. The normalized spacial score (nSPS) is 13.6. The Balaban J connectivity index is 2.72. The Morgan fingerprint density at radius 2 is 1.95 bits per heavy atom. The third-order valence-electron chi connectivity index (χ3n) is 3.47. The third kappa shape index (κ3) is 6.80. The van der Waals surface area contributed by atoms with Crippen LogP contribution < -0.4 is 0 Å². The molecule has 0 fully saturated rings. The predicted molar refractivity (Wildman–Crippen MR) is 87.6 cm³/mol. The van der Waals surface area contributed by atoms with E-state index >= 15 is 0 Å². The molecule has 1 rings (SSSR count). The number of carbonyl (C=O) groups excluding carboxylic acids is 1. The molecule has 0 amide bonds. The molecule has 116 valence electrons. The van der Waals surface area contributed by atoms with Gasteiger partial charge in [-0.05, 0) is 12.0 Å². The number of aldehydes is 1. The van der Waals surface area contributed by atoms with Crippen LogP contribution in [0.2, 0.25) is 0 Å². The van der Waals surface area contributed by atoms with Gasteiger partial charge in [0.2, 0.25) is 0 Å². The van der Waals surface area contributed by atoms with Gasteiger partial charge in [-0.3, -0.25) is 4.79 Å². The molecule has 0 saturated heterocycles. The zero-order valence-corrected chi connectivity index (χ0v) is 13.3. The maximum Gasteiger partial charge on any atom is 0.313 e. The number of hydrogen-bond acceptors (Lipinski definition) is 3. The highest BCUT2D eigenvalue weighted by Crippen LogP contribution is 2.37. The Kier molecular flexibility index (Phi) is 8.83. The Morgan fingerprint density at radius 1 is 1.24 bits per heavy atom. The maximum absolute atomic E-state index is 11.5. The zero-order chi connectivity index (χ0) is 15.5. The average molecular weight is 308 g/mol. The lowest BCUT2D eigenvalue weighted by Crippen LogP contribution is -2.14. The molecule has 4 heteroatoms. The van der Waals surface area contributed by atoms with Crippen molar-refractivity contribution in [3.8, 4) is 0 Å². The number of carboxylic acid groups (broad SMARTS) is 1. The van der Waals surface area contributed by atoms with Crippen molar-refractivity contribution in [2.24, 2.45) is 5.92 Å². The van der Waals surface area contributed by atoms with Crippen molar-refractivity contribution in [3.63, 3.8) is 0 Å². The molecule has 0 aliphatic carbocycles. The van der Waals surface area contributed by atoms with Crippen LogP contribution >= 0.6 is 11.8 Å². The SMILES string of the molecule is CCCCCCC(C=O)C(SCC(=O)O)c1ccccc1. The highest BCUT2D eigenvalue weighted by molar-refractivity contribution is 8.00. The molecular formula is C17H24O3S. The summed E-state index contributed by atoms with van der Waals surface area (Å²) in [4.78, 5) is 22.3. The Hall–Kier alpha value is -1.29. The quantitative estimate of drug-likeness (QED) is 0.488. The third-order valence-corrected chi connectivity index (χ3v) is 4.86. The Morgan fingerprint density at radius 3 is 2.52 bits per heavy atom. The van der Waals surface area contributed by atoms with Gasteiger partial charge >= 0.3 is 5.97 Å². The fourth-order valence-corrected chi connectivity index (χ4v) is 3.49. The van der Waals surface area contributed by atoms with Crippen LogP contribution in [-0.4, -0.2) is 23.1 Å². The van der Waals surface area contributed by atoms with Gasteiger partial charge < -0.3 is 9.90 Å². The highest BCUT2D eigenvalue weighted by Gasteiger charge is 2.23. The summed E-state index contributed by atoms with van der Waals surface area (Å²) in [6.45, 7) is 2.16. The van der Waals surface area contributed by atoms with Gasteiger partial charge in [-0.1, -0.05) is 62.9 Å². The first kappa shape index (κ1) is 17.8. The summed E-state index contributed by atoms with van der Waals surface area (Å²) in [5, 5.41) is 8.83. The minimum Gasteiger partial charge on any atom is -0.481 e. The monoisotopic (exact) mass is 308 g/mol. The van der Waals surface area contributed by atoms with Gasteiger partial charge in [0.25, 0.3) is 0 Å². The van der Waals surface area contributed by atoms with E-state index in [1.807, 2.05) is 30.3 Å². The number of rotatable bonds is 11. The molecule has 21 heavy (non-hydrogen) atoms. The van der Waals surface area contributed by atoms with Gasteiger partial charge in [0.15, 0.2) is 0 Å². The van der Waals surface area contributed by atoms with Crippen molar-refractivity contribution in [2.45, 2.75) is 44.3 Å². The van der Waals surface area contributed by atoms with E-state index in [1.54, 1.807) is 0 Å². The Bertz CT molecular complexity index is 419. The summed E-state index contributed by atoms with van der Waals surface area (Å²) in [6, 6.07) is 9.74. The van der Waals surface area contributed by atoms with Gasteiger partial charge in [0, 0.05) is 11.2 Å². The average Bonchev–Trinajstić information content (AvgIpc) is 2.50. The smallest absolute Gasteiger partial charge is 0.313 e. The molecule has 1 aromatic carbocycles. The lowest BCUT2D eigenvalue weighted by atomic mass is 9.94. The van der Waals surface area contributed by atoms with Crippen LogP contribution in [0, 0.1) is 5.92 Å². The van der Waals surface area contributed by atoms with E-state index < -0.39 is 5.97 Å². The summed E-state index contributed by atoms with van der Waals surface area (Å²) in [5.74, 6) is -0.927. The molecule has 0 saturated carbocycles. The first-order valence-electron chi connectivity index (χ1n) is 7.52. The molecule has 0 aliphatic heterocycles. The minimum atomic E-state index is -0.837. The van der Waals surface area contributed by atoms with Gasteiger partial charge in [0.05, 0.1) is 5.75 Å². The molecule has 0 radical (unpaired) electrons. The van der Waals surface area contributed by atoms with Crippen LogP contribution in [0.4, 0.5) is 0 Å². The van der Waals surface area contributed by atoms with Crippen LogP contribution in [0.15, 0.2) is 30.3 Å². The number of thioether (sulfide) groups is 1. The lowest BCUT2D eigenvalue weighted by molar-refractivity contribution is -0.134. The number of hydrogen-bond donors (Lipinski definition) is 1. The van der Waals surface area contributed by atoms with Crippen LogP contribution in [0.3, 0.4) is 0 Å². The summed E-state index contributed by atoms with van der Waals surface area (Å²) in [5.41, 5.74) is 1.04. The van der Waals surface area contributed by atoms with E-state index in [2.05, 4.69) is 6.92 Å². The molecule has 1 aromatic rings. The van der Waals surface area contributed by atoms with Crippen molar-refractivity contribution in [2.75, 3.05) is 5.75 Å². The van der Waals surface area contributed by atoms with E-state index in [-0.39, 0.29) is 16.9 Å². The second kappa shape index (κ2) is 10.4. The molecule has 1 N–H and O–H groups in total. The Labute approximate surface area is 131 Å².